The van der Waals surface area contributed by atoms with Crippen LogP contribution in [-0.4, -0.2) is 72.2 Å². The number of likely N-dealkylation sites (N-methyl/N-ethyl adjacent to an activating group) is 1. The lowest BCUT2D eigenvalue weighted by molar-refractivity contribution is -0.144. The molecular formula is C16H31N3O2. The van der Waals surface area contributed by atoms with E-state index in [1.54, 1.807) is 0 Å². The van der Waals surface area contributed by atoms with E-state index >= 15 is 0 Å². The van der Waals surface area contributed by atoms with Gasteiger partial charge in [-0.05, 0) is 72.1 Å². The second kappa shape index (κ2) is 7.56. The zero-order chi connectivity index (χ0) is 15.3. The van der Waals surface area contributed by atoms with Crippen LogP contribution in [0.25, 0.3) is 0 Å². The summed E-state index contributed by atoms with van der Waals surface area (Å²) in [5.74, 6) is -0.714. The fourth-order valence-electron chi connectivity index (χ4n) is 3.05. The van der Waals surface area contributed by atoms with Crippen LogP contribution in [0.4, 0.5) is 0 Å². The largest absolute Gasteiger partial charge is 0.480 e. The molecule has 0 aromatic rings. The number of rotatable bonds is 10. The molecule has 0 radical (unpaired) electrons. The first-order chi connectivity index (χ1) is 9.99. The van der Waals surface area contributed by atoms with E-state index in [1.165, 1.54) is 25.9 Å². The molecule has 1 saturated carbocycles. The summed E-state index contributed by atoms with van der Waals surface area (Å²) in [5, 5.41) is 12.7. The predicted octanol–water partition coefficient (Wildman–Crippen LogP) is 1.39. The van der Waals surface area contributed by atoms with Crippen molar-refractivity contribution in [3.8, 4) is 0 Å². The van der Waals surface area contributed by atoms with Crippen molar-refractivity contribution in [2.75, 3.05) is 39.8 Å². The monoisotopic (exact) mass is 297 g/mol. The van der Waals surface area contributed by atoms with Gasteiger partial charge in [-0.25, -0.2) is 0 Å². The molecule has 21 heavy (non-hydrogen) atoms. The third kappa shape index (κ3) is 5.57. The van der Waals surface area contributed by atoms with Crippen LogP contribution in [0.2, 0.25) is 0 Å². The number of aliphatic carboxylic acids is 1. The SMILES string of the molecule is CN(CCCC(C)(NC1CC1)C(=O)O)CCN1CCCC1. The average Bonchev–Trinajstić information content (AvgIpc) is 3.07. The molecule has 0 spiro atoms. The van der Waals surface area contributed by atoms with Gasteiger partial charge in [-0.1, -0.05) is 0 Å². The number of hydrogen-bond donors (Lipinski definition) is 2. The van der Waals surface area contributed by atoms with Crippen molar-refractivity contribution in [3.05, 3.63) is 0 Å². The maximum absolute atomic E-state index is 11.5. The minimum atomic E-state index is -0.753. The zero-order valence-corrected chi connectivity index (χ0v) is 13.6. The molecule has 0 bridgehead atoms. The van der Waals surface area contributed by atoms with Gasteiger partial charge < -0.3 is 14.9 Å². The maximum Gasteiger partial charge on any atom is 0.323 e. The molecule has 0 aromatic heterocycles. The third-order valence-corrected chi connectivity index (χ3v) is 4.79. The minimum Gasteiger partial charge on any atom is -0.480 e. The molecular weight excluding hydrogens is 266 g/mol. The normalized spacial score (nSPS) is 22.6. The number of hydrogen-bond acceptors (Lipinski definition) is 4. The van der Waals surface area contributed by atoms with E-state index in [-0.39, 0.29) is 0 Å². The van der Waals surface area contributed by atoms with Gasteiger partial charge in [0.25, 0.3) is 0 Å². The van der Waals surface area contributed by atoms with E-state index < -0.39 is 11.5 Å². The van der Waals surface area contributed by atoms with Crippen LogP contribution in [0, 0.1) is 0 Å². The van der Waals surface area contributed by atoms with Gasteiger partial charge in [0.15, 0.2) is 0 Å². The fraction of sp³-hybridized carbons (Fsp3) is 0.938. The lowest BCUT2D eigenvalue weighted by Crippen LogP contribution is -2.50. The first-order valence-corrected chi connectivity index (χ1v) is 8.41. The van der Waals surface area contributed by atoms with Crippen LogP contribution < -0.4 is 5.32 Å². The van der Waals surface area contributed by atoms with E-state index in [1.807, 2.05) is 6.92 Å². The Morgan fingerprint density at radius 3 is 2.57 bits per heavy atom. The molecule has 2 fully saturated rings. The van der Waals surface area contributed by atoms with Crippen molar-refractivity contribution in [1.82, 2.24) is 15.1 Å². The number of likely N-dealkylation sites (tertiary alicyclic amines) is 1. The van der Waals surface area contributed by atoms with Gasteiger partial charge in [0.2, 0.25) is 0 Å². The Balaban J connectivity index is 1.62. The number of carboxylic acids is 1. The van der Waals surface area contributed by atoms with Crippen LogP contribution in [0.15, 0.2) is 0 Å². The quantitative estimate of drug-likeness (QED) is 0.638. The lowest BCUT2D eigenvalue weighted by Gasteiger charge is -2.28. The fourth-order valence-corrected chi connectivity index (χ4v) is 3.05. The summed E-state index contributed by atoms with van der Waals surface area (Å²) in [7, 11) is 2.14. The Morgan fingerprint density at radius 1 is 1.33 bits per heavy atom. The van der Waals surface area contributed by atoms with Gasteiger partial charge in [-0.2, -0.15) is 0 Å². The summed E-state index contributed by atoms with van der Waals surface area (Å²) < 4.78 is 0. The first kappa shape index (κ1) is 16.7. The van der Waals surface area contributed by atoms with E-state index in [2.05, 4.69) is 22.2 Å². The standard InChI is InChI=1S/C16H31N3O2/c1-16(15(20)21,17-14-6-7-14)8-5-9-18(2)12-13-19-10-3-4-11-19/h14,17H,3-13H2,1-2H3,(H,20,21). The van der Waals surface area contributed by atoms with Crippen molar-refractivity contribution in [2.45, 2.75) is 57.0 Å². The molecule has 0 aromatic carbocycles. The van der Waals surface area contributed by atoms with Crippen molar-refractivity contribution >= 4 is 5.97 Å². The molecule has 2 aliphatic rings. The van der Waals surface area contributed by atoms with Crippen LogP contribution in [0.5, 0.6) is 0 Å². The predicted molar refractivity (Wildman–Crippen MR) is 84.6 cm³/mol. The molecule has 5 heteroatoms. The molecule has 1 aliphatic heterocycles. The molecule has 5 nitrogen and oxygen atoms in total. The number of nitrogens with one attached hydrogen (secondary N) is 1. The molecule has 1 aliphatic carbocycles. The van der Waals surface area contributed by atoms with Crippen LogP contribution in [0.3, 0.4) is 0 Å². The Labute approximate surface area is 128 Å². The van der Waals surface area contributed by atoms with Crippen molar-refractivity contribution in [3.63, 3.8) is 0 Å². The van der Waals surface area contributed by atoms with Gasteiger partial charge in [-0.15, -0.1) is 0 Å². The topological polar surface area (TPSA) is 55.8 Å². The third-order valence-electron chi connectivity index (χ3n) is 4.79. The smallest absolute Gasteiger partial charge is 0.323 e. The molecule has 2 rings (SSSR count). The Hall–Kier alpha value is -0.650. The van der Waals surface area contributed by atoms with Crippen molar-refractivity contribution < 1.29 is 9.90 Å². The summed E-state index contributed by atoms with van der Waals surface area (Å²) in [6.45, 7) is 7.53. The van der Waals surface area contributed by atoms with E-state index in [0.29, 0.717) is 12.5 Å². The highest BCUT2D eigenvalue weighted by molar-refractivity contribution is 5.78. The molecule has 2 N–H and O–H groups in total. The van der Waals surface area contributed by atoms with Gasteiger partial charge >= 0.3 is 5.97 Å². The molecule has 1 saturated heterocycles. The van der Waals surface area contributed by atoms with Gasteiger partial charge in [0.1, 0.15) is 5.54 Å². The van der Waals surface area contributed by atoms with E-state index in [0.717, 1.165) is 38.9 Å². The minimum absolute atomic E-state index is 0.430. The highest BCUT2D eigenvalue weighted by Gasteiger charge is 2.37. The van der Waals surface area contributed by atoms with Crippen molar-refractivity contribution in [1.29, 1.82) is 0 Å². The van der Waals surface area contributed by atoms with E-state index in [9.17, 15) is 9.90 Å². The first-order valence-electron chi connectivity index (χ1n) is 8.41. The highest BCUT2D eigenvalue weighted by Crippen LogP contribution is 2.25. The summed E-state index contributed by atoms with van der Waals surface area (Å²) in [5.41, 5.74) is -0.753. The molecule has 122 valence electrons. The van der Waals surface area contributed by atoms with Gasteiger partial charge in [0.05, 0.1) is 0 Å². The average molecular weight is 297 g/mol. The summed E-state index contributed by atoms with van der Waals surface area (Å²) in [6, 6.07) is 0.430. The molecule has 1 atom stereocenters. The molecule has 1 unspecified atom stereocenters. The van der Waals surface area contributed by atoms with Gasteiger partial charge in [0, 0.05) is 19.1 Å². The number of carbonyl (C=O) groups is 1. The summed E-state index contributed by atoms with van der Waals surface area (Å²) >= 11 is 0. The number of nitrogens with zero attached hydrogens (tertiary/aromatic N) is 2. The summed E-state index contributed by atoms with van der Waals surface area (Å²) in [6.07, 6.45) is 6.56. The van der Waals surface area contributed by atoms with E-state index in [4.69, 9.17) is 0 Å². The highest BCUT2D eigenvalue weighted by atomic mass is 16.4. The van der Waals surface area contributed by atoms with Crippen LogP contribution in [-0.2, 0) is 4.79 Å². The second-order valence-electron chi connectivity index (χ2n) is 7.01. The van der Waals surface area contributed by atoms with Crippen molar-refractivity contribution in [2.24, 2.45) is 0 Å². The maximum atomic E-state index is 11.5. The zero-order valence-electron chi connectivity index (χ0n) is 13.6. The lowest BCUT2D eigenvalue weighted by atomic mass is 9.95. The van der Waals surface area contributed by atoms with Crippen LogP contribution in [0.1, 0.15) is 45.4 Å². The summed E-state index contributed by atoms with van der Waals surface area (Å²) in [4.78, 5) is 16.3. The Bertz CT molecular complexity index is 340. The van der Waals surface area contributed by atoms with Gasteiger partial charge in [-0.3, -0.25) is 10.1 Å². The second-order valence-corrected chi connectivity index (χ2v) is 7.01. The number of carboxylic acid groups (broad SMARTS) is 1. The Kier molecular flexibility index (Phi) is 6.02. The Morgan fingerprint density at radius 2 is 2.00 bits per heavy atom. The molecule has 0 amide bonds. The van der Waals surface area contributed by atoms with Crippen LogP contribution >= 0.6 is 0 Å². The molecule has 1 heterocycles.